The van der Waals surface area contributed by atoms with Crippen molar-refractivity contribution < 1.29 is 14.2 Å². The highest BCUT2D eigenvalue weighted by Gasteiger charge is 2.05. The summed E-state index contributed by atoms with van der Waals surface area (Å²) in [6.45, 7) is 1.56. The predicted molar refractivity (Wildman–Crippen MR) is 53.0 cm³/mol. The molecule has 0 aliphatic rings. The van der Waals surface area contributed by atoms with E-state index >= 15 is 0 Å². The van der Waals surface area contributed by atoms with Crippen LogP contribution in [-0.2, 0) is 14.2 Å². The second-order valence-electron chi connectivity index (χ2n) is 3.16. The molecule has 0 spiro atoms. The second kappa shape index (κ2) is 9.96. The van der Waals surface area contributed by atoms with Crippen LogP contribution in [-0.4, -0.2) is 40.6 Å². The molecule has 0 rings (SSSR count). The lowest BCUT2D eigenvalue weighted by molar-refractivity contribution is 0.0218. The van der Waals surface area contributed by atoms with Crippen molar-refractivity contribution in [2.24, 2.45) is 0 Å². The lowest BCUT2D eigenvalue weighted by atomic mass is 10.1. The van der Waals surface area contributed by atoms with Crippen molar-refractivity contribution in [3.05, 3.63) is 0 Å². The van der Waals surface area contributed by atoms with Gasteiger partial charge in [-0.15, -0.1) is 0 Å². The van der Waals surface area contributed by atoms with Gasteiger partial charge in [-0.25, -0.2) is 0 Å². The molecular weight excluding hydrogens is 168 g/mol. The van der Waals surface area contributed by atoms with E-state index in [9.17, 15) is 0 Å². The fraction of sp³-hybridized carbons (Fsp3) is 1.00. The molecule has 0 aromatic heterocycles. The minimum absolute atomic E-state index is 0.257. The highest BCUT2D eigenvalue weighted by molar-refractivity contribution is 4.56. The quantitative estimate of drug-likeness (QED) is 0.519. The Morgan fingerprint density at radius 2 is 1.69 bits per heavy atom. The van der Waals surface area contributed by atoms with Gasteiger partial charge in [0.05, 0.1) is 12.7 Å². The Hall–Kier alpha value is -0.120. The van der Waals surface area contributed by atoms with Gasteiger partial charge in [0.2, 0.25) is 0 Å². The van der Waals surface area contributed by atoms with Gasteiger partial charge in [0, 0.05) is 27.9 Å². The zero-order valence-electron chi connectivity index (χ0n) is 9.04. The summed E-state index contributed by atoms with van der Waals surface area (Å²) < 4.78 is 15.2. The van der Waals surface area contributed by atoms with Crippen LogP contribution in [0.3, 0.4) is 0 Å². The van der Waals surface area contributed by atoms with Gasteiger partial charge in [-0.05, 0) is 12.8 Å². The van der Waals surface area contributed by atoms with Gasteiger partial charge >= 0.3 is 0 Å². The Labute approximate surface area is 81.4 Å². The molecule has 0 N–H and O–H groups in total. The van der Waals surface area contributed by atoms with E-state index in [1.165, 1.54) is 12.8 Å². The van der Waals surface area contributed by atoms with Crippen molar-refractivity contribution in [1.82, 2.24) is 0 Å². The fourth-order valence-corrected chi connectivity index (χ4v) is 1.25. The number of rotatable bonds is 9. The molecule has 0 saturated carbocycles. The third-order valence-corrected chi connectivity index (χ3v) is 2.06. The van der Waals surface area contributed by atoms with Crippen LogP contribution in [0.2, 0.25) is 0 Å². The zero-order chi connectivity index (χ0) is 9.94. The molecular formula is C10H22O3. The van der Waals surface area contributed by atoms with Crippen molar-refractivity contribution in [2.45, 2.75) is 31.8 Å². The maximum atomic E-state index is 5.24. The van der Waals surface area contributed by atoms with Crippen molar-refractivity contribution in [2.75, 3.05) is 34.5 Å². The van der Waals surface area contributed by atoms with Gasteiger partial charge in [0.1, 0.15) is 0 Å². The smallest absolute Gasteiger partial charge is 0.0804 e. The average molecular weight is 190 g/mol. The third-order valence-electron chi connectivity index (χ3n) is 2.06. The van der Waals surface area contributed by atoms with E-state index in [0.717, 1.165) is 19.4 Å². The van der Waals surface area contributed by atoms with Crippen molar-refractivity contribution >= 4 is 0 Å². The van der Waals surface area contributed by atoms with Crippen LogP contribution in [0.1, 0.15) is 25.7 Å². The molecule has 80 valence electrons. The van der Waals surface area contributed by atoms with Crippen LogP contribution in [0.4, 0.5) is 0 Å². The summed E-state index contributed by atoms with van der Waals surface area (Å²) >= 11 is 0. The Kier molecular flexibility index (Phi) is 9.87. The first-order valence-corrected chi connectivity index (χ1v) is 4.85. The van der Waals surface area contributed by atoms with Gasteiger partial charge in [0.25, 0.3) is 0 Å². The van der Waals surface area contributed by atoms with Crippen molar-refractivity contribution in [3.63, 3.8) is 0 Å². The number of hydrogen-bond donors (Lipinski definition) is 0. The van der Waals surface area contributed by atoms with E-state index < -0.39 is 0 Å². The molecule has 0 aliphatic heterocycles. The first kappa shape index (κ1) is 12.9. The lowest BCUT2D eigenvalue weighted by Crippen LogP contribution is -2.16. The van der Waals surface area contributed by atoms with Crippen LogP contribution in [0, 0.1) is 0 Å². The Morgan fingerprint density at radius 1 is 0.923 bits per heavy atom. The molecule has 13 heavy (non-hydrogen) atoms. The number of ether oxygens (including phenoxy) is 3. The summed E-state index contributed by atoms with van der Waals surface area (Å²) in [6.07, 6.45) is 4.86. The Balaban J connectivity index is 3.17. The zero-order valence-corrected chi connectivity index (χ0v) is 9.04. The molecule has 0 aliphatic carbocycles. The third kappa shape index (κ3) is 8.22. The van der Waals surface area contributed by atoms with Gasteiger partial charge in [-0.3, -0.25) is 0 Å². The maximum absolute atomic E-state index is 5.24. The SMILES string of the molecule is COCCCCCC(COC)OC. The Bertz CT molecular complexity index is 96.2. The lowest BCUT2D eigenvalue weighted by Gasteiger charge is -2.13. The molecule has 0 aromatic carbocycles. The largest absolute Gasteiger partial charge is 0.385 e. The molecule has 3 nitrogen and oxygen atoms in total. The molecule has 3 heteroatoms. The maximum Gasteiger partial charge on any atom is 0.0804 e. The molecule has 0 radical (unpaired) electrons. The first-order chi connectivity index (χ1) is 6.35. The minimum Gasteiger partial charge on any atom is -0.385 e. The van der Waals surface area contributed by atoms with Crippen LogP contribution in [0.15, 0.2) is 0 Å². The van der Waals surface area contributed by atoms with Gasteiger partial charge in [-0.1, -0.05) is 12.8 Å². The summed E-state index contributed by atoms with van der Waals surface area (Å²) in [4.78, 5) is 0. The predicted octanol–water partition coefficient (Wildman–Crippen LogP) is 1.85. The molecule has 1 atom stereocenters. The van der Waals surface area contributed by atoms with Gasteiger partial charge in [-0.2, -0.15) is 0 Å². The number of hydrogen-bond acceptors (Lipinski definition) is 3. The van der Waals surface area contributed by atoms with Crippen molar-refractivity contribution in [3.8, 4) is 0 Å². The van der Waals surface area contributed by atoms with Crippen LogP contribution >= 0.6 is 0 Å². The van der Waals surface area contributed by atoms with E-state index in [1.807, 2.05) is 0 Å². The summed E-state index contributed by atoms with van der Waals surface area (Å²) in [5.41, 5.74) is 0. The monoisotopic (exact) mass is 190 g/mol. The highest BCUT2D eigenvalue weighted by atomic mass is 16.5. The standard InChI is InChI=1S/C10H22O3/c1-11-8-6-4-5-7-10(13-3)9-12-2/h10H,4-9H2,1-3H3. The van der Waals surface area contributed by atoms with Crippen molar-refractivity contribution in [1.29, 1.82) is 0 Å². The second-order valence-corrected chi connectivity index (χ2v) is 3.16. The van der Waals surface area contributed by atoms with Gasteiger partial charge in [0.15, 0.2) is 0 Å². The van der Waals surface area contributed by atoms with E-state index in [0.29, 0.717) is 6.61 Å². The number of methoxy groups -OCH3 is 3. The molecule has 0 fully saturated rings. The van der Waals surface area contributed by atoms with Crippen LogP contribution < -0.4 is 0 Å². The van der Waals surface area contributed by atoms with E-state index in [1.54, 1.807) is 21.3 Å². The highest BCUT2D eigenvalue weighted by Crippen LogP contribution is 2.06. The normalized spacial score (nSPS) is 13.2. The summed E-state index contributed by atoms with van der Waals surface area (Å²) in [5.74, 6) is 0. The molecule has 0 saturated heterocycles. The van der Waals surface area contributed by atoms with Gasteiger partial charge < -0.3 is 14.2 Å². The van der Waals surface area contributed by atoms with E-state index in [4.69, 9.17) is 14.2 Å². The van der Waals surface area contributed by atoms with Crippen LogP contribution in [0.25, 0.3) is 0 Å². The average Bonchev–Trinajstić information content (AvgIpc) is 2.16. The number of unbranched alkanes of at least 4 members (excludes halogenated alkanes) is 2. The molecule has 1 unspecified atom stereocenters. The van der Waals surface area contributed by atoms with Crippen LogP contribution in [0.5, 0.6) is 0 Å². The topological polar surface area (TPSA) is 27.7 Å². The van der Waals surface area contributed by atoms with E-state index in [2.05, 4.69) is 0 Å². The van der Waals surface area contributed by atoms with E-state index in [-0.39, 0.29) is 6.10 Å². The summed E-state index contributed by atoms with van der Waals surface area (Å²) in [5, 5.41) is 0. The molecule has 0 heterocycles. The Morgan fingerprint density at radius 3 is 2.23 bits per heavy atom. The summed E-state index contributed by atoms with van der Waals surface area (Å²) in [6, 6.07) is 0. The fourth-order valence-electron chi connectivity index (χ4n) is 1.25. The first-order valence-electron chi connectivity index (χ1n) is 4.85. The molecule has 0 amide bonds. The summed E-state index contributed by atoms with van der Waals surface area (Å²) in [7, 11) is 5.18. The minimum atomic E-state index is 0.257. The molecule has 0 bridgehead atoms. The molecule has 0 aromatic rings.